The van der Waals surface area contributed by atoms with E-state index in [0.717, 1.165) is 0 Å². The molecule has 0 aromatic carbocycles. The number of allylic oxidation sites excluding steroid dienone is 1. The molecule has 3 heteroatoms. The first-order valence-corrected chi connectivity index (χ1v) is 2.73. The molecule has 0 aliphatic carbocycles. The fourth-order valence-corrected chi connectivity index (χ4v) is 0.520. The number of aliphatic hydroxyl groups is 1. The minimum Gasteiger partial charge on any atom is -0.509 e. The zero-order valence-corrected chi connectivity index (χ0v) is 5.13. The maximum atomic E-state index is 10.3. The van der Waals surface area contributed by atoms with Crippen LogP contribution >= 0.6 is 0 Å². The van der Waals surface area contributed by atoms with Gasteiger partial charge in [0.15, 0.2) is 5.78 Å². The van der Waals surface area contributed by atoms with Crippen LogP contribution in [0.1, 0.15) is 6.92 Å². The van der Waals surface area contributed by atoms with Gasteiger partial charge in [0.05, 0.1) is 6.61 Å². The standard InChI is InChI=1S/C6H8O3/c1-4(7)2-5(8)6-3-9-6/h2,6,8H,3H2,1H3. The zero-order valence-electron chi connectivity index (χ0n) is 5.13. The summed E-state index contributed by atoms with van der Waals surface area (Å²) in [4.78, 5) is 10.3. The molecular weight excluding hydrogens is 120 g/mol. The highest BCUT2D eigenvalue weighted by atomic mass is 16.6. The minimum atomic E-state index is -0.200. The molecule has 1 unspecified atom stereocenters. The van der Waals surface area contributed by atoms with Crippen LogP contribution in [0.5, 0.6) is 0 Å². The van der Waals surface area contributed by atoms with Gasteiger partial charge in [0, 0.05) is 6.08 Å². The average molecular weight is 128 g/mol. The minimum absolute atomic E-state index is 0.0440. The van der Waals surface area contributed by atoms with Crippen LogP contribution in [0.25, 0.3) is 0 Å². The third-order valence-corrected chi connectivity index (χ3v) is 1.01. The van der Waals surface area contributed by atoms with Crippen molar-refractivity contribution >= 4 is 5.78 Å². The van der Waals surface area contributed by atoms with Gasteiger partial charge in [-0.05, 0) is 6.92 Å². The fourth-order valence-electron chi connectivity index (χ4n) is 0.520. The summed E-state index contributed by atoms with van der Waals surface area (Å²) in [5, 5.41) is 8.87. The van der Waals surface area contributed by atoms with Gasteiger partial charge in [-0.2, -0.15) is 0 Å². The Balaban J connectivity index is 2.47. The molecule has 9 heavy (non-hydrogen) atoms. The summed E-state index contributed by atoms with van der Waals surface area (Å²) in [6.07, 6.45) is 0.978. The summed E-state index contributed by atoms with van der Waals surface area (Å²) in [7, 11) is 0. The number of epoxide rings is 1. The molecule has 1 rings (SSSR count). The molecule has 0 spiro atoms. The molecule has 1 fully saturated rings. The molecule has 0 aromatic rings. The summed E-state index contributed by atoms with van der Waals surface area (Å²) in [5.74, 6) is -0.106. The molecule has 50 valence electrons. The Labute approximate surface area is 52.9 Å². The first-order valence-electron chi connectivity index (χ1n) is 2.73. The van der Waals surface area contributed by atoms with E-state index in [0.29, 0.717) is 6.61 Å². The van der Waals surface area contributed by atoms with Crippen molar-refractivity contribution in [1.29, 1.82) is 0 Å². The van der Waals surface area contributed by atoms with E-state index in [4.69, 9.17) is 9.84 Å². The van der Waals surface area contributed by atoms with E-state index in [2.05, 4.69) is 0 Å². The van der Waals surface area contributed by atoms with Crippen LogP contribution in [0.3, 0.4) is 0 Å². The van der Waals surface area contributed by atoms with Crippen molar-refractivity contribution in [2.45, 2.75) is 13.0 Å². The highest BCUT2D eigenvalue weighted by molar-refractivity contribution is 5.87. The van der Waals surface area contributed by atoms with E-state index in [-0.39, 0.29) is 17.6 Å². The third kappa shape index (κ3) is 1.85. The quantitative estimate of drug-likeness (QED) is 0.333. The van der Waals surface area contributed by atoms with Gasteiger partial charge in [0.1, 0.15) is 11.9 Å². The van der Waals surface area contributed by atoms with Crippen LogP contribution in [0, 0.1) is 0 Å². The highest BCUT2D eigenvalue weighted by Crippen LogP contribution is 2.16. The largest absolute Gasteiger partial charge is 0.509 e. The summed E-state index contributed by atoms with van der Waals surface area (Å²) >= 11 is 0. The lowest BCUT2D eigenvalue weighted by molar-refractivity contribution is -0.112. The number of hydrogen-bond acceptors (Lipinski definition) is 3. The molecule has 1 aliphatic heterocycles. The predicted octanol–water partition coefficient (Wildman–Crippen LogP) is 0.416. The molecule has 0 radical (unpaired) electrons. The first kappa shape index (κ1) is 6.29. The lowest BCUT2D eigenvalue weighted by atomic mass is 10.3. The van der Waals surface area contributed by atoms with E-state index in [1.54, 1.807) is 0 Å². The Morgan fingerprint density at radius 1 is 1.89 bits per heavy atom. The molecule has 1 N–H and O–H groups in total. The lowest BCUT2D eigenvalue weighted by Gasteiger charge is -1.87. The normalized spacial score (nSPS) is 25.9. The summed E-state index contributed by atoms with van der Waals surface area (Å²) in [5.41, 5.74) is 0. The van der Waals surface area contributed by atoms with E-state index in [9.17, 15) is 4.79 Å². The van der Waals surface area contributed by atoms with E-state index >= 15 is 0 Å². The van der Waals surface area contributed by atoms with Crippen LogP contribution in [0.15, 0.2) is 11.8 Å². The van der Waals surface area contributed by atoms with Gasteiger partial charge in [-0.1, -0.05) is 0 Å². The maximum absolute atomic E-state index is 10.3. The van der Waals surface area contributed by atoms with Gasteiger partial charge < -0.3 is 9.84 Å². The summed E-state index contributed by atoms with van der Waals surface area (Å²) in [6, 6.07) is 0. The molecule has 3 nitrogen and oxygen atoms in total. The number of ether oxygens (including phenoxy) is 1. The molecule has 1 aliphatic rings. The maximum Gasteiger partial charge on any atom is 0.156 e. The molecule has 1 heterocycles. The number of ketones is 1. The monoisotopic (exact) mass is 128 g/mol. The van der Waals surface area contributed by atoms with Gasteiger partial charge >= 0.3 is 0 Å². The smallest absolute Gasteiger partial charge is 0.156 e. The average Bonchev–Trinajstić information content (AvgIpc) is 2.40. The second kappa shape index (κ2) is 2.19. The predicted molar refractivity (Wildman–Crippen MR) is 31.1 cm³/mol. The van der Waals surface area contributed by atoms with Gasteiger partial charge in [0.25, 0.3) is 0 Å². The summed E-state index contributed by atoms with van der Waals surface area (Å²) < 4.78 is 4.70. The highest BCUT2D eigenvalue weighted by Gasteiger charge is 2.27. The topological polar surface area (TPSA) is 49.8 Å². The molecule has 0 bridgehead atoms. The molecule has 0 amide bonds. The van der Waals surface area contributed by atoms with Crippen molar-refractivity contribution in [3.05, 3.63) is 11.8 Å². The third-order valence-electron chi connectivity index (χ3n) is 1.01. The van der Waals surface area contributed by atoms with Crippen LogP contribution in [0.4, 0.5) is 0 Å². The Morgan fingerprint density at radius 3 is 2.78 bits per heavy atom. The Bertz CT molecular complexity index is 156. The second-order valence-corrected chi connectivity index (χ2v) is 2.00. The Hall–Kier alpha value is -0.830. The molecule has 1 atom stereocenters. The second-order valence-electron chi connectivity index (χ2n) is 2.00. The van der Waals surface area contributed by atoms with E-state index in [1.807, 2.05) is 0 Å². The molecule has 0 aromatic heterocycles. The van der Waals surface area contributed by atoms with Crippen molar-refractivity contribution in [3.8, 4) is 0 Å². The number of aliphatic hydroxyl groups excluding tert-OH is 1. The van der Waals surface area contributed by atoms with Crippen LogP contribution in [0.2, 0.25) is 0 Å². The first-order chi connectivity index (χ1) is 4.20. The van der Waals surface area contributed by atoms with Crippen molar-refractivity contribution < 1.29 is 14.6 Å². The molecular formula is C6H8O3. The number of hydrogen-bond donors (Lipinski definition) is 1. The van der Waals surface area contributed by atoms with Crippen LogP contribution in [-0.4, -0.2) is 23.6 Å². The van der Waals surface area contributed by atoms with E-state index < -0.39 is 0 Å². The Morgan fingerprint density at radius 2 is 2.44 bits per heavy atom. The SMILES string of the molecule is CC(=O)C=C(O)C1CO1. The van der Waals surface area contributed by atoms with Gasteiger partial charge in [-0.25, -0.2) is 0 Å². The van der Waals surface area contributed by atoms with Gasteiger partial charge in [0.2, 0.25) is 0 Å². The van der Waals surface area contributed by atoms with Gasteiger partial charge in [-0.3, -0.25) is 4.79 Å². The van der Waals surface area contributed by atoms with E-state index in [1.165, 1.54) is 13.0 Å². The Kier molecular flexibility index (Phi) is 1.53. The number of carbonyl (C=O) groups is 1. The van der Waals surface area contributed by atoms with Crippen molar-refractivity contribution in [2.24, 2.45) is 0 Å². The van der Waals surface area contributed by atoms with Gasteiger partial charge in [-0.15, -0.1) is 0 Å². The fraction of sp³-hybridized carbons (Fsp3) is 0.500. The number of carbonyl (C=O) groups excluding carboxylic acids is 1. The van der Waals surface area contributed by atoms with Crippen molar-refractivity contribution in [1.82, 2.24) is 0 Å². The zero-order chi connectivity index (χ0) is 6.85. The van der Waals surface area contributed by atoms with Crippen molar-refractivity contribution in [3.63, 3.8) is 0 Å². The van der Waals surface area contributed by atoms with Crippen LogP contribution in [-0.2, 0) is 9.53 Å². The summed E-state index contributed by atoms with van der Waals surface area (Å²) in [6.45, 7) is 1.92. The lowest BCUT2D eigenvalue weighted by Crippen LogP contribution is -1.94. The van der Waals surface area contributed by atoms with Crippen molar-refractivity contribution in [2.75, 3.05) is 6.61 Å². The molecule has 1 saturated heterocycles. The number of rotatable bonds is 2. The van der Waals surface area contributed by atoms with Crippen LogP contribution < -0.4 is 0 Å². The molecule has 0 saturated carbocycles.